The lowest BCUT2D eigenvalue weighted by molar-refractivity contribution is -0.384. The molecular formula is C30H25NO6S3. The van der Waals surface area contributed by atoms with Crippen molar-refractivity contribution in [1.29, 1.82) is 0 Å². The van der Waals surface area contributed by atoms with Crippen LogP contribution in [0.15, 0.2) is 126 Å². The number of non-ortho nitro benzene ring substituents is 1. The quantitative estimate of drug-likeness (QED) is 0.0918. The third-order valence-electron chi connectivity index (χ3n) is 5.09. The largest absolute Gasteiger partial charge is 0.394 e. The summed E-state index contributed by atoms with van der Waals surface area (Å²) in [6.45, 7) is 0. The van der Waals surface area contributed by atoms with Gasteiger partial charge < -0.3 is 0 Å². The monoisotopic (exact) mass is 591 g/mol. The zero-order valence-electron chi connectivity index (χ0n) is 21.0. The number of nitro benzene ring substituents is 1. The molecule has 0 aliphatic rings. The van der Waals surface area contributed by atoms with Gasteiger partial charge in [0.2, 0.25) is 0 Å². The topological polar surface area (TPSA) is 118 Å². The van der Waals surface area contributed by atoms with Crippen molar-refractivity contribution >= 4 is 71.1 Å². The van der Waals surface area contributed by atoms with Gasteiger partial charge in [0, 0.05) is 21.5 Å². The van der Waals surface area contributed by atoms with E-state index in [9.17, 15) is 10.1 Å². The van der Waals surface area contributed by atoms with Crippen LogP contribution < -0.4 is 0 Å². The van der Waals surface area contributed by atoms with Crippen LogP contribution in [0.3, 0.4) is 0 Å². The Morgan fingerprint density at radius 1 is 0.600 bits per heavy atom. The summed E-state index contributed by atoms with van der Waals surface area (Å²) in [5, 5.41) is 17.4. The molecule has 6 aromatic rings. The second kappa shape index (κ2) is 15.4. The van der Waals surface area contributed by atoms with Gasteiger partial charge in [0.25, 0.3) is 5.69 Å². The first kappa shape index (κ1) is 30.4. The minimum Gasteiger partial charge on any atom is -0.264 e. The average molecular weight is 592 g/mol. The number of hydrogen-bond acceptors (Lipinski definition) is 6. The van der Waals surface area contributed by atoms with Crippen molar-refractivity contribution in [2.75, 3.05) is 0 Å². The molecule has 0 aliphatic heterocycles. The molecule has 0 saturated heterocycles. The van der Waals surface area contributed by atoms with E-state index in [0.29, 0.717) is 0 Å². The van der Waals surface area contributed by atoms with E-state index in [0.717, 1.165) is 11.1 Å². The van der Waals surface area contributed by atoms with Crippen LogP contribution in [0, 0.1) is 10.1 Å². The molecule has 6 rings (SSSR count). The molecule has 7 nitrogen and oxygen atoms in total. The molecule has 204 valence electrons. The summed E-state index contributed by atoms with van der Waals surface area (Å²) in [6, 6.07) is 37.5. The normalized spacial score (nSPS) is 10.6. The highest BCUT2D eigenvalue weighted by Gasteiger charge is 2.01. The fourth-order valence-electron chi connectivity index (χ4n) is 3.28. The van der Waals surface area contributed by atoms with E-state index in [1.54, 1.807) is 34.8 Å². The Balaban J connectivity index is 0.000000162. The Kier molecular flexibility index (Phi) is 11.7. The van der Waals surface area contributed by atoms with Crippen LogP contribution in [-0.2, 0) is 10.4 Å². The summed E-state index contributed by atoms with van der Waals surface area (Å²) in [4.78, 5) is 10.1. The van der Waals surface area contributed by atoms with Crippen molar-refractivity contribution < 1.29 is 22.4 Å². The van der Waals surface area contributed by atoms with E-state index in [-0.39, 0.29) is 5.69 Å². The molecule has 0 bridgehead atoms. The molecule has 10 heteroatoms. The Bertz CT molecular complexity index is 1630. The van der Waals surface area contributed by atoms with Gasteiger partial charge >= 0.3 is 10.4 Å². The van der Waals surface area contributed by atoms with Gasteiger partial charge in [-0.2, -0.15) is 8.42 Å². The fraction of sp³-hybridized carbons (Fsp3) is 0. The summed E-state index contributed by atoms with van der Waals surface area (Å²) in [5.41, 5.74) is 2.16. The summed E-state index contributed by atoms with van der Waals surface area (Å²) < 4.78 is 34.3. The van der Waals surface area contributed by atoms with Crippen LogP contribution in [0.1, 0.15) is 11.1 Å². The third kappa shape index (κ3) is 11.3. The van der Waals surface area contributed by atoms with Gasteiger partial charge in [0.05, 0.1) is 4.92 Å². The van der Waals surface area contributed by atoms with Gasteiger partial charge in [-0.1, -0.05) is 78.9 Å². The summed E-state index contributed by atoms with van der Waals surface area (Å²) in [6.07, 6.45) is 3.90. The van der Waals surface area contributed by atoms with E-state index in [4.69, 9.17) is 17.5 Å². The van der Waals surface area contributed by atoms with Gasteiger partial charge in [0.15, 0.2) is 0 Å². The molecule has 0 fully saturated rings. The smallest absolute Gasteiger partial charge is 0.264 e. The van der Waals surface area contributed by atoms with Crippen molar-refractivity contribution in [2.24, 2.45) is 0 Å². The molecule has 0 amide bonds. The maximum atomic E-state index is 10.5. The molecule has 0 radical (unpaired) electrons. The Morgan fingerprint density at radius 2 is 1.00 bits per heavy atom. The number of benzene rings is 4. The van der Waals surface area contributed by atoms with Gasteiger partial charge in [-0.15, -0.1) is 22.7 Å². The molecular weight excluding hydrogens is 567 g/mol. The number of hydrogen-bond donors (Lipinski definition) is 2. The number of nitro groups is 1. The molecule has 0 unspecified atom stereocenters. The van der Waals surface area contributed by atoms with Crippen LogP contribution in [0.5, 0.6) is 0 Å². The molecule has 2 N–H and O–H groups in total. The van der Waals surface area contributed by atoms with E-state index in [2.05, 4.69) is 71.4 Å². The van der Waals surface area contributed by atoms with E-state index in [1.807, 2.05) is 42.5 Å². The second-order valence-corrected chi connectivity index (χ2v) is 10.7. The Morgan fingerprint density at radius 3 is 1.43 bits per heavy atom. The van der Waals surface area contributed by atoms with Crippen molar-refractivity contribution in [3.8, 4) is 0 Å². The summed E-state index contributed by atoms with van der Waals surface area (Å²) >= 11 is 3.57. The van der Waals surface area contributed by atoms with Gasteiger partial charge in [-0.25, -0.2) is 0 Å². The molecule has 4 aromatic carbocycles. The molecule has 2 aromatic heterocycles. The molecule has 40 heavy (non-hydrogen) atoms. The highest BCUT2D eigenvalue weighted by molar-refractivity contribution is 7.79. The number of fused-ring (bicyclic) bond motifs is 2. The zero-order valence-corrected chi connectivity index (χ0v) is 23.4. The standard InChI is InChI=1S/C14H11NO2.2C8H6S.H2O4S/c16-15(17)14-10-8-13(9-11-14)7-6-12-4-2-1-3-5-12;2*1-2-4-8-7(3-1)5-6-9-8;1-5(2,3)4/h1-11H;2*1-6H;(H2,1,2,3,4). The maximum absolute atomic E-state index is 10.5. The predicted molar refractivity (Wildman–Crippen MR) is 166 cm³/mol. The van der Waals surface area contributed by atoms with E-state index < -0.39 is 15.3 Å². The molecule has 0 saturated carbocycles. The van der Waals surface area contributed by atoms with Crippen molar-refractivity contribution in [1.82, 2.24) is 0 Å². The minimum atomic E-state index is -4.67. The van der Waals surface area contributed by atoms with E-state index in [1.165, 1.54) is 32.3 Å². The van der Waals surface area contributed by atoms with Crippen LogP contribution in [0.2, 0.25) is 0 Å². The van der Waals surface area contributed by atoms with Crippen molar-refractivity contribution in [3.05, 3.63) is 147 Å². The fourth-order valence-corrected chi connectivity index (χ4v) is 4.86. The van der Waals surface area contributed by atoms with Crippen LogP contribution in [0.4, 0.5) is 5.69 Å². The number of thiophene rings is 2. The highest BCUT2D eigenvalue weighted by atomic mass is 32.3. The van der Waals surface area contributed by atoms with Gasteiger partial charge in [-0.05, 0) is 69.1 Å². The summed E-state index contributed by atoms with van der Waals surface area (Å²) in [5.74, 6) is 0. The van der Waals surface area contributed by atoms with E-state index >= 15 is 0 Å². The van der Waals surface area contributed by atoms with Gasteiger partial charge in [0.1, 0.15) is 0 Å². The van der Waals surface area contributed by atoms with Gasteiger partial charge in [-0.3, -0.25) is 19.2 Å². The Labute approximate surface area is 240 Å². The minimum absolute atomic E-state index is 0.113. The zero-order chi connectivity index (χ0) is 28.8. The predicted octanol–water partition coefficient (Wildman–Crippen LogP) is 8.91. The molecule has 0 aliphatic carbocycles. The molecule has 0 spiro atoms. The second-order valence-electron chi connectivity index (χ2n) is 7.96. The van der Waals surface area contributed by atoms with Crippen molar-refractivity contribution in [3.63, 3.8) is 0 Å². The first-order chi connectivity index (χ1) is 19.2. The van der Waals surface area contributed by atoms with Crippen LogP contribution >= 0.6 is 22.7 Å². The number of nitrogens with zero attached hydrogens (tertiary/aromatic N) is 1. The lowest BCUT2D eigenvalue weighted by Gasteiger charge is -1.94. The van der Waals surface area contributed by atoms with Crippen LogP contribution in [0.25, 0.3) is 32.3 Å². The van der Waals surface area contributed by atoms with Crippen molar-refractivity contribution in [2.45, 2.75) is 0 Å². The number of rotatable bonds is 3. The summed E-state index contributed by atoms with van der Waals surface area (Å²) in [7, 11) is -4.67. The Hall–Kier alpha value is -4.19. The lowest BCUT2D eigenvalue weighted by atomic mass is 10.1. The SMILES string of the molecule is O=S(=O)(O)O.O=[N+]([O-])c1ccc(C=Cc2ccccc2)cc1.c1ccc2sccc2c1.c1ccc2sccc2c1. The molecule has 2 heterocycles. The lowest BCUT2D eigenvalue weighted by Crippen LogP contribution is -1.89. The third-order valence-corrected chi connectivity index (χ3v) is 6.89. The average Bonchev–Trinajstić information content (AvgIpc) is 3.62. The van der Waals surface area contributed by atoms with Crippen LogP contribution in [-0.4, -0.2) is 22.4 Å². The maximum Gasteiger partial charge on any atom is 0.394 e. The first-order valence-corrected chi connectivity index (χ1v) is 14.9. The molecule has 0 atom stereocenters. The highest BCUT2D eigenvalue weighted by Crippen LogP contribution is 2.19. The first-order valence-electron chi connectivity index (χ1n) is 11.7.